The average molecular weight is 380 g/mol. The molecule has 1 N–H and O–H groups in total. The lowest BCUT2D eigenvalue weighted by Crippen LogP contribution is -2.25. The molecule has 0 bridgehead atoms. The molecule has 0 radical (unpaired) electrons. The minimum atomic E-state index is -0.391. The van der Waals surface area contributed by atoms with Gasteiger partial charge in [-0.05, 0) is 43.8 Å². The quantitative estimate of drug-likeness (QED) is 0.796. The van der Waals surface area contributed by atoms with Crippen LogP contribution in [0.1, 0.15) is 23.7 Å². The molecule has 0 fully saturated rings. The predicted molar refractivity (Wildman–Crippen MR) is 104 cm³/mol. The normalized spacial score (nSPS) is 11.2. The highest BCUT2D eigenvalue weighted by Crippen LogP contribution is 2.21. The number of halogens is 1. The first-order valence-corrected chi connectivity index (χ1v) is 8.22. The molecule has 0 aliphatic carbocycles. The number of benzene rings is 1. The number of nitrogens with one attached hydrogen (secondary N) is 1. The van der Waals surface area contributed by atoms with Gasteiger partial charge in [0.15, 0.2) is 0 Å². The highest BCUT2D eigenvalue weighted by molar-refractivity contribution is 5.85. The Hall–Kier alpha value is -2.31. The van der Waals surface area contributed by atoms with E-state index in [1.165, 1.54) is 4.90 Å². The van der Waals surface area contributed by atoms with Crippen LogP contribution in [0.3, 0.4) is 0 Å². The van der Waals surface area contributed by atoms with Crippen molar-refractivity contribution in [2.24, 2.45) is 0 Å². The summed E-state index contributed by atoms with van der Waals surface area (Å²) in [6.45, 7) is 2.51. The van der Waals surface area contributed by atoms with Crippen LogP contribution >= 0.6 is 12.4 Å². The average Bonchev–Trinajstić information content (AvgIpc) is 2.61. The molecule has 7 heteroatoms. The molecule has 1 atom stereocenters. The van der Waals surface area contributed by atoms with Crippen LogP contribution in [-0.4, -0.2) is 43.7 Å². The molecule has 1 heterocycles. The van der Waals surface area contributed by atoms with Crippen LogP contribution in [0.25, 0.3) is 0 Å². The lowest BCUT2D eigenvalue weighted by molar-refractivity contribution is 0.172. The summed E-state index contributed by atoms with van der Waals surface area (Å²) in [6, 6.07) is 11.4. The minimum Gasteiger partial charge on any atom is -0.492 e. The summed E-state index contributed by atoms with van der Waals surface area (Å²) < 4.78 is 11.0. The van der Waals surface area contributed by atoms with Gasteiger partial charge in [0, 0.05) is 32.8 Å². The molecule has 0 aliphatic rings. The second kappa shape index (κ2) is 10.6. The number of rotatable bonds is 7. The molecule has 142 valence electrons. The van der Waals surface area contributed by atoms with Gasteiger partial charge in [0.25, 0.3) is 0 Å². The maximum absolute atomic E-state index is 11.6. The Morgan fingerprint density at radius 1 is 1.23 bits per heavy atom. The SMILES string of the molecule is CNC(CCOc1cccnc1C)c1ccc(OC(=O)N(C)C)cc1.Cl. The lowest BCUT2D eigenvalue weighted by Gasteiger charge is -2.18. The Bertz CT molecular complexity index is 693. The largest absolute Gasteiger partial charge is 0.492 e. The van der Waals surface area contributed by atoms with E-state index in [1.807, 2.05) is 38.2 Å². The summed E-state index contributed by atoms with van der Waals surface area (Å²) in [5, 5.41) is 3.29. The van der Waals surface area contributed by atoms with E-state index in [-0.39, 0.29) is 18.4 Å². The van der Waals surface area contributed by atoms with Crippen molar-refractivity contribution in [2.45, 2.75) is 19.4 Å². The lowest BCUT2D eigenvalue weighted by atomic mass is 10.0. The molecule has 2 rings (SSSR count). The third-order valence-electron chi connectivity index (χ3n) is 3.82. The zero-order valence-electron chi connectivity index (χ0n) is 15.6. The number of aromatic nitrogens is 1. The van der Waals surface area contributed by atoms with Crippen LogP contribution in [0, 0.1) is 6.92 Å². The Morgan fingerprint density at radius 3 is 2.50 bits per heavy atom. The molecule has 0 spiro atoms. The first-order chi connectivity index (χ1) is 12.0. The van der Waals surface area contributed by atoms with Crippen LogP contribution in [-0.2, 0) is 0 Å². The number of ether oxygens (including phenoxy) is 2. The maximum atomic E-state index is 11.6. The Balaban J connectivity index is 0.00000338. The van der Waals surface area contributed by atoms with Gasteiger partial charge in [0.05, 0.1) is 12.3 Å². The highest BCUT2D eigenvalue weighted by atomic mass is 35.5. The second-order valence-electron chi connectivity index (χ2n) is 5.90. The number of carbonyl (C=O) groups is 1. The summed E-state index contributed by atoms with van der Waals surface area (Å²) >= 11 is 0. The van der Waals surface area contributed by atoms with Crippen molar-refractivity contribution in [1.82, 2.24) is 15.2 Å². The Labute approximate surface area is 160 Å². The van der Waals surface area contributed by atoms with Crippen molar-refractivity contribution in [3.8, 4) is 11.5 Å². The van der Waals surface area contributed by atoms with Gasteiger partial charge in [-0.25, -0.2) is 4.79 Å². The number of aryl methyl sites for hydroxylation is 1. The van der Waals surface area contributed by atoms with Gasteiger partial charge in [-0.2, -0.15) is 0 Å². The molecule has 1 aromatic heterocycles. The smallest absolute Gasteiger partial charge is 0.414 e. The summed E-state index contributed by atoms with van der Waals surface area (Å²) in [4.78, 5) is 17.2. The van der Waals surface area contributed by atoms with Crippen molar-refractivity contribution in [3.05, 3.63) is 53.9 Å². The van der Waals surface area contributed by atoms with Crippen molar-refractivity contribution < 1.29 is 14.3 Å². The van der Waals surface area contributed by atoms with Crippen molar-refractivity contribution >= 4 is 18.5 Å². The number of nitrogens with zero attached hydrogens (tertiary/aromatic N) is 2. The number of hydrogen-bond acceptors (Lipinski definition) is 5. The van der Waals surface area contributed by atoms with Crippen LogP contribution in [0.15, 0.2) is 42.6 Å². The van der Waals surface area contributed by atoms with Gasteiger partial charge < -0.3 is 19.7 Å². The molecule has 0 aliphatic heterocycles. The minimum absolute atomic E-state index is 0. The molecule has 2 aromatic rings. The molecule has 0 saturated heterocycles. The van der Waals surface area contributed by atoms with Gasteiger partial charge in [-0.3, -0.25) is 4.98 Å². The van der Waals surface area contributed by atoms with Crippen molar-refractivity contribution in [2.75, 3.05) is 27.7 Å². The highest BCUT2D eigenvalue weighted by Gasteiger charge is 2.12. The number of hydrogen-bond donors (Lipinski definition) is 1. The fraction of sp³-hybridized carbons (Fsp3) is 0.368. The second-order valence-corrected chi connectivity index (χ2v) is 5.90. The Morgan fingerprint density at radius 2 is 1.92 bits per heavy atom. The van der Waals surface area contributed by atoms with E-state index in [0.717, 1.165) is 23.4 Å². The van der Waals surface area contributed by atoms with Crippen molar-refractivity contribution in [3.63, 3.8) is 0 Å². The Kier molecular flexibility index (Phi) is 8.88. The van der Waals surface area contributed by atoms with Gasteiger partial charge in [0.2, 0.25) is 0 Å². The van der Waals surface area contributed by atoms with E-state index in [4.69, 9.17) is 9.47 Å². The van der Waals surface area contributed by atoms with Crippen LogP contribution in [0.5, 0.6) is 11.5 Å². The summed E-state index contributed by atoms with van der Waals surface area (Å²) in [7, 11) is 5.22. The van der Waals surface area contributed by atoms with Gasteiger partial charge in [0.1, 0.15) is 11.5 Å². The fourth-order valence-corrected chi connectivity index (χ4v) is 2.35. The zero-order valence-corrected chi connectivity index (χ0v) is 16.4. The summed E-state index contributed by atoms with van der Waals surface area (Å²) in [6.07, 6.45) is 2.17. The standard InChI is InChI=1S/C19H25N3O3.ClH/c1-14-18(6-5-12-21-14)24-13-11-17(20-2)15-7-9-16(10-8-15)25-19(23)22(3)4;/h5-10,12,17,20H,11,13H2,1-4H3;1H. The third kappa shape index (κ3) is 6.20. The third-order valence-corrected chi connectivity index (χ3v) is 3.82. The number of amides is 1. The molecule has 6 nitrogen and oxygen atoms in total. The van der Waals surface area contributed by atoms with E-state index in [2.05, 4.69) is 10.3 Å². The number of carbonyl (C=O) groups excluding carboxylic acids is 1. The molecule has 1 unspecified atom stereocenters. The molecule has 1 aromatic carbocycles. The molecular formula is C19H26ClN3O3. The predicted octanol–water partition coefficient (Wildman–Crippen LogP) is 3.60. The first-order valence-electron chi connectivity index (χ1n) is 8.22. The fourth-order valence-electron chi connectivity index (χ4n) is 2.35. The summed E-state index contributed by atoms with van der Waals surface area (Å²) in [5.74, 6) is 1.34. The van der Waals surface area contributed by atoms with Crippen LogP contribution in [0.4, 0.5) is 4.79 Å². The molecule has 26 heavy (non-hydrogen) atoms. The van der Waals surface area contributed by atoms with E-state index in [0.29, 0.717) is 12.4 Å². The van der Waals surface area contributed by atoms with Crippen molar-refractivity contribution in [1.29, 1.82) is 0 Å². The van der Waals surface area contributed by atoms with E-state index >= 15 is 0 Å². The first kappa shape index (κ1) is 21.7. The molecule has 1 amide bonds. The summed E-state index contributed by atoms with van der Waals surface area (Å²) in [5.41, 5.74) is 1.99. The van der Waals surface area contributed by atoms with E-state index in [9.17, 15) is 4.79 Å². The maximum Gasteiger partial charge on any atom is 0.414 e. The van der Waals surface area contributed by atoms with E-state index in [1.54, 1.807) is 32.4 Å². The van der Waals surface area contributed by atoms with Crippen LogP contribution < -0.4 is 14.8 Å². The monoisotopic (exact) mass is 379 g/mol. The molecule has 0 saturated carbocycles. The van der Waals surface area contributed by atoms with Gasteiger partial charge in [-0.15, -0.1) is 12.4 Å². The number of pyridine rings is 1. The molecular weight excluding hydrogens is 354 g/mol. The topological polar surface area (TPSA) is 63.7 Å². The van der Waals surface area contributed by atoms with Crippen LogP contribution in [0.2, 0.25) is 0 Å². The van der Waals surface area contributed by atoms with Gasteiger partial charge >= 0.3 is 6.09 Å². The van der Waals surface area contributed by atoms with Gasteiger partial charge in [-0.1, -0.05) is 12.1 Å². The zero-order chi connectivity index (χ0) is 18.2. The van der Waals surface area contributed by atoms with E-state index < -0.39 is 6.09 Å².